The van der Waals surface area contributed by atoms with Crippen LogP contribution in [0, 0.1) is 79.9 Å². The van der Waals surface area contributed by atoms with Crippen molar-refractivity contribution in [1.82, 2.24) is 0 Å². The zero-order valence-electron chi connectivity index (χ0n) is 75.5. The van der Waals surface area contributed by atoms with Crippen molar-refractivity contribution in [1.29, 1.82) is 0 Å². The molecule has 0 saturated carbocycles. The van der Waals surface area contributed by atoms with Crippen molar-refractivity contribution in [2.24, 2.45) is 46.1 Å². The van der Waals surface area contributed by atoms with Crippen LogP contribution in [0.25, 0.3) is 67.4 Å². The molecule has 99 heavy (non-hydrogen) atoms. The summed E-state index contributed by atoms with van der Waals surface area (Å²) in [7, 11) is 7.74. The fraction of sp³-hybridized carbons (Fsp3) is 0.337. The predicted octanol–water partition coefficient (Wildman–Crippen LogP) is 19.9. The number of aromatic nitrogens is 5. The molecule has 0 aliphatic carbocycles. The van der Waals surface area contributed by atoms with E-state index in [4.69, 9.17) is 15.1 Å². The largest absolute Gasteiger partial charge is 0.212 e. The normalized spacial score (nSPS) is 13.3. The molecule has 6 aromatic carbocycles. The molecule has 516 valence electrons. The highest BCUT2D eigenvalue weighted by Crippen LogP contribution is 2.35. The Labute approximate surface area is 617 Å². The molecule has 0 radical (unpaired) electrons. The minimum Gasteiger partial charge on any atom is -0.201 e. The minimum atomic E-state index is -2.54. The Morgan fingerprint density at radius 2 is 0.778 bits per heavy atom. The zero-order valence-corrected chi connectivity index (χ0v) is 66.5. The van der Waals surface area contributed by atoms with E-state index in [-0.39, 0.29) is 27.5 Å². The molecule has 0 saturated heterocycles. The zero-order chi connectivity index (χ0) is 82.4. The van der Waals surface area contributed by atoms with Gasteiger partial charge in [0, 0.05) is 93.9 Å². The summed E-state index contributed by atoms with van der Waals surface area (Å²) in [6.07, 6.45) is 12.4. The molecule has 0 spiro atoms. The molecule has 0 atom stereocenters. The molecule has 11 rings (SSSR count). The second-order valence-electron chi connectivity index (χ2n) is 31.6. The third kappa shape index (κ3) is 21.3. The summed E-state index contributed by atoms with van der Waals surface area (Å²) in [5.74, 6) is 0. The van der Waals surface area contributed by atoms with Crippen LogP contribution in [0.15, 0.2) is 213 Å². The molecule has 0 aliphatic heterocycles. The number of hydrogen-bond donors (Lipinski definition) is 0. The molecular weight excluding hydrogens is 1230 g/mol. The van der Waals surface area contributed by atoms with Gasteiger partial charge in [0.15, 0.2) is 31.0 Å². The molecule has 5 heterocycles. The van der Waals surface area contributed by atoms with Gasteiger partial charge in [0.1, 0.15) is 35.2 Å². The van der Waals surface area contributed by atoms with Gasteiger partial charge in [0.05, 0.1) is 23.0 Å². The van der Waals surface area contributed by atoms with E-state index in [1.54, 1.807) is 23.5 Å². The molecule has 0 N–H and O–H groups in total. The van der Waals surface area contributed by atoms with E-state index in [9.17, 15) is 0 Å². The Balaban J connectivity index is 0.000000202. The Hall–Kier alpha value is -8.50. The van der Waals surface area contributed by atoms with Crippen molar-refractivity contribution in [2.75, 3.05) is 0 Å². The summed E-state index contributed by atoms with van der Waals surface area (Å²) in [6.45, 7) is 39.6. The maximum absolute atomic E-state index is 8.53. The summed E-state index contributed by atoms with van der Waals surface area (Å²) in [5.41, 5.74) is 24.0. The van der Waals surface area contributed by atoms with Crippen LogP contribution >= 0.6 is 0 Å². The van der Waals surface area contributed by atoms with E-state index in [2.05, 4.69) is 303 Å². The molecule has 0 aliphatic rings. The molecule has 0 bridgehead atoms. The molecule has 0 amide bonds. The van der Waals surface area contributed by atoms with Gasteiger partial charge in [-0.25, -0.2) is 22.8 Å². The molecular formula is C92H120N5Si2+5. The maximum atomic E-state index is 8.53. The Morgan fingerprint density at radius 3 is 1.24 bits per heavy atom. The van der Waals surface area contributed by atoms with Gasteiger partial charge in [0.2, 0.25) is 28.5 Å². The average Bonchev–Trinajstić information content (AvgIpc) is 0.748. The van der Waals surface area contributed by atoms with E-state index in [0.29, 0.717) is 5.56 Å². The van der Waals surface area contributed by atoms with Gasteiger partial charge in [-0.3, -0.25) is 0 Å². The highest BCUT2D eigenvalue weighted by Gasteiger charge is 2.28. The third-order valence-corrected chi connectivity index (χ3v) is 22.2. The summed E-state index contributed by atoms with van der Waals surface area (Å²) in [6, 6.07) is 50.1. The second-order valence-corrected chi connectivity index (χ2v) is 41.7. The smallest absolute Gasteiger partial charge is 0.201 e. The highest BCUT2D eigenvalue weighted by molar-refractivity contribution is 6.89. The van der Waals surface area contributed by atoms with Gasteiger partial charge in [-0.05, 0) is 190 Å². The first-order valence-corrected chi connectivity index (χ1v) is 41.8. The standard InChI is InChI=1S/C30H40N.C17H24NSi.C16H22NSi.C15H18N.C14H16N/c1-21-15-22(2)27(17-26(21)23-13-11-10-12-14-23)28-16-24(18-29(3,4)5)25(20-31(28)9)19-30(6,7)8;1-13-9-7-8-10-15(13)16-11-14(2)17(12-18(16)3)19(4,5)6;1-13-8-6-7-9-15(13)16-11-10-14(12-17(16)2)18(3,4)5;1-11-7-5-6-8-14(11)15-9-12(2)13(3)10-16(15)4;1-11-8-9-15(3)14(10-11)13-7-5-4-6-12(13)2/h10-17,20H,18-19H2,1-9H3;7-12H,1-6H3;6-12H,1-5H3;5-10H,1-4H3;4-10H,1-3H3/q5*+1/i1D3,10D,11D,12D,13D,14D;;;3D3;. The number of aryl methyl sites for hydroxylation is 15. The summed E-state index contributed by atoms with van der Waals surface area (Å²) in [4.78, 5) is 0. The Bertz CT molecular complexity index is 5010. The lowest BCUT2D eigenvalue weighted by molar-refractivity contribution is -0.661. The topological polar surface area (TPSA) is 19.4 Å². The van der Waals surface area contributed by atoms with Crippen LogP contribution in [0.5, 0.6) is 0 Å². The van der Waals surface area contributed by atoms with Crippen molar-refractivity contribution in [3.05, 3.63) is 280 Å². The third-order valence-electron chi connectivity index (χ3n) is 18.1. The van der Waals surface area contributed by atoms with E-state index >= 15 is 0 Å². The van der Waals surface area contributed by atoms with Crippen LogP contribution in [-0.2, 0) is 48.1 Å². The van der Waals surface area contributed by atoms with Crippen LogP contribution in [0.4, 0.5) is 0 Å². The lowest BCUT2D eigenvalue weighted by atomic mass is 9.81. The molecule has 11 aromatic rings. The lowest BCUT2D eigenvalue weighted by Gasteiger charge is -2.24. The van der Waals surface area contributed by atoms with Crippen molar-refractivity contribution in [2.45, 2.75) is 163 Å². The van der Waals surface area contributed by atoms with Gasteiger partial charge in [-0.15, -0.1) is 0 Å². The lowest BCUT2D eigenvalue weighted by Crippen LogP contribution is -2.46. The van der Waals surface area contributed by atoms with Gasteiger partial charge in [0.25, 0.3) is 0 Å². The quantitative estimate of drug-likeness (QED) is 0.0960. The molecule has 5 aromatic heterocycles. The highest BCUT2D eigenvalue weighted by atomic mass is 28.3. The monoisotopic (exact) mass is 1360 g/mol. The first-order chi connectivity index (χ1) is 50.8. The average molecular weight is 1360 g/mol. The van der Waals surface area contributed by atoms with Gasteiger partial charge in [-0.1, -0.05) is 196 Å². The van der Waals surface area contributed by atoms with Crippen molar-refractivity contribution < 1.29 is 37.9 Å². The van der Waals surface area contributed by atoms with E-state index in [0.717, 1.165) is 46.5 Å². The van der Waals surface area contributed by atoms with Crippen LogP contribution in [0.2, 0.25) is 39.3 Å². The van der Waals surface area contributed by atoms with Crippen LogP contribution in [-0.4, -0.2) is 16.1 Å². The first kappa shape index (κ1) is 62.7. The summed E-state index contributed by atoms with van der Waals surface area (Å²) < 4.78 is 99.2. The number of nitrogens with zero attached hydrogens (tertiary/aromatic N) is 5. The maximum Gasteiger partial charge on any atom is 0.212 e. The predicted molar refractivity (Wildman–Crippen MR) is 430 cm³/mol. The molecule has 5 nitrogen and oxygen atoms in total. The SMILES string of the molecule is Cc1cc[n+](C)c(-c2ccccc2C)c1.Cc1ccccc1-c1cc(C)c([Si](C)(C)C)c[n+]1C.Cc1ccccc1-c1ccc([Si](C)(C)C)c[n+]1C.[2H]C([2H])([2H])c1c[n+](C)c(-c2ccccc2C)cc1C.[2H]c1c([2H])c([2H])c(-c2cc(-c3cc(CC(C)(C)C)c(CC(C)(C)C)c[n+]3C)c(C)cc2C([2H])([2H])[2H])c([2H])c1[2H]. The van der Waals surface area contributed by atoms with E-state index in [1.807, 2.05) is 55.3 Å². The number of hydrogen-bond acceptors (Lipinski definition) is 0. The summed E-state index contributed by atoms with van der Waals surface area (Å²) >= 11 is 0. The van der Waals surface area contributed by atoms with E-state index in [1.165, 1.54) is 83.5 Å². The molecule has 0 fully saturated rings. The number of benzene rings is 6. The van der Waals surface area contributed by atoms with Crippen LogP contribution < -0.4 is 33.2 Å². The fourth-order valence-electron chi connectivity index (χ4n) is 12.6. The number of rotatable bonds is 10. The van der Waals surface area contributed by atoms with Crippen molar-refractivity contribution in [3.63, 3.8) is 0 Å². The molecule has 7 heteroatoms. The van der Waals surface area contributed by atoms with Crippen molar-refractivity contribution >= 4 is 26.5 Å². The summed E-state index contributed by atoms with van der Waals surface area (Å²) in [5, 5.41) is 3.05. The first-order valence-electron chi connectivity index (χ1n) is 40.3. The Kier molecular flexibility index (Phi) is 21.0. The van der Waals surface area contributed by atoms with Crippen molar-refractivity contribution in [3.8, 4) is 67.4 Å². The van der Waals surface area contributed by atoms with Crippen LogP contribution in [0.1, 0.15) is 123 Å². The second kappa shape index (κ2) is 33.1. The van der Waals surface area contributed by atoms with Gasteiger partial charge < -0.3 is 0 Å². The molecule has 0 unspecified atom stereocenters. The fourth-order valence-corrected chi connectivity index (χ4v) is 15.6. The van der Waals surface area contributed by atoms with E-state index < -0.39 is 60.1 Å². The van der Waals surface area contributed by atoms with Gasteiger partial charge >= 0.3 is 0 Å². The van der Waals surface area contributed by atoms with Crippen LogP contribution in [0.3, 0.4) is 0 Å². The Morgan fingerprint density at radius 1 is 0.343 bits per heavy atom. The number of pyridine rings is 5. The minimum absolute atomic E-state index is 0.0378. The van der Waals surface area contributed by atoms with Gasteiger partial charge in [-0.2, -0.15) is 0 Å².